The summed E-state index contributed by atoms with van der Waals surface area (Å²) in [4.78, 5) is 140. The first-order valence-corrected chi connectivity index (χ1v) is 40.0. The third-order valence-electron chi connectivity index (χ3n) is 21.5. The van der Waals surface area contributed by atoms with Crippen LogP contribution in [0.5, 0.6) is 17.2 Å². The summed E-state index contributed by atoms with van der Waals surface area (Å²) in [5.41, 5.74) is 3.00. The van der Waals surface area contributed by atoms with E-state index in [-0.39, 0.29) is 79.7 Å². The molecule has 3 N–H and O–H groups in total. The lowest BCUT2D eigenvalue weighted by molar-refractivity contribution is -0.128. The first kappa shape index (κ1) is 78.6. The summed E-state index contributed by atoms with van der Waals surface area (Å²) in [6, 6.07) is 43.0. The lowest BCUT2D eigenvalue weighted by atomic mass is 9.85. The molecule has 12 heterocycles. The second-order valence-electron chi connectivity index (χ2n) is 29.0. The Hall–Kier alpha value is -12.6. The van der Waals surface area contributed by atoms with Crippen molar-refractivity contribution in [3.05, 3.63) is 207 Å². The summed E-state index contributed by atoms with van der Waals surface area (Å²) in [7, 11) is 4.40. The Morgan fingerprint density at radius 2 is 0.897 bits per heavy atom. The largest absolute Gasteiger partial charge is 0.497 e. The molecule has 17 rings (SSSR count). The Morgan fingerprint density at radius 3 is 1.40 bits per heavy atom. The zero-order valence-electron chi connectivity index (χ0n) is 63.6. The van der Waals surface area contributed by atoms with E-state index in [1.807, 2.05) is 102 Å². The number of aromatic nitrogens is 3. The molecular weight excluding hydrogens is 1520 g/mol. The number of ether oxygens (including phenoxy) is 4. The number of rotatable bonds is 14. The molecule has 5 aromatic carbocycles. The number of imide groups is 3. The van der Waals surface area contributed by atoms with Gasteiger partial charge in [0, 0.05) is 135 Å². The van der Waals surface area contributed by atoms with Crippen LogP contribution < -0.4 is 44.9 Å². The summed E-state index contributed by atoms with van der Waals surface area (Å²) in [5.74, 6) is 20.6. The van der Waals surface area contributed by atoms with E-state index >= 15 is 4.39 Å². The monoisotopic (exact) mass is 1600 g/mol. The van der Waals surface area contributed by atoms with Gasteiger partial charge in [-0.1, -0.05) is 78.1 Å². The van der Waals surface area contributed by atoms with Crippen molar-refractivity contribution >= 4 is 94.1 Å². The lowest BCUT2D eigenvalue weighted by Crippen LogP contribution is -2.42. The minimum Gasteiger partial charge on any atom is -0.497 e. The fraction of sp³-hybridized carbons (Fsp3) is 0.310. The zero-order valence-corrected chi connectivity index (χ0v) is 65.2. The SMILES string of the molecule is COc1ccc2c(c1)C(=O)N(C[C@@]1(C#Cc3ccc(-c4cccc(N5CCSCC5)n4)cc3)CC(=O)NC1=O)C2.COc1ccc2c(c1)C(=O)N(C[C@@]1(C#Cc3cccc(N4CCSCC4)n3)CC(=O)NC1=O)C2.COc1ccc2c(c1F)C(=O)N(C[C@@]1(C#Cc3ccc(-c4cccc(N5CCOCC5)n4)c(F)c3)CC(=O)NC1=O)C2. The minimum absolute atomic E-state index is 0.0242. The van der Waals surface area contributed by atoms with E-state index in [0.29, 0.717) is 84.5 Å². The van der Waals surface area contributed by atoms with Gasteiger partial charge in [0.05, 0.1) is 70.8 Å². The maximum Gasteiger partial charge on any atom is 0.257 e. The van der Waals surface area contributed by atoms with Crippen molar-refractivity contribution in [1.29, 1.82) is 0 Å². The molecule has 0 radical (unpaired) electrons. The molecular formula is C87H78F2N12O13S2. The van der Waals surface area contributed by atoms with E-state index < -0.39 is 69.2 Å². The Balaban J connectivity index is 0.000000137. The summed E-state index contributed by atoms with van der Waals surface area (Å²) in [6.45, 7) is 6.99. The van der Waals surface area contributed by atoms with Crippen LogP contribution >= 0.6 is 23.5 Å². The van der Waals surface area contributed by atoms with Crippen LogP contribution in [0, 0.1) is 63.4 Å². The molecule has 3 atom stereocenters. The van der Waals surface area contributed by atoms with E-state index in [4.69, 9.17) is 23.9 Å². The number of carbonyl (C=O) groups is 9. The van der Waals surface area contributed by atoms with E-state index in [0.717, 1.165) is 89.0 Å². The van der Waals surface area contributed by atoms with Crippen LogP contribution in [0.2, 0.25) is 0 Å². The third-order valence-corrected chi connectivity index (χ3v) is 23.3. The van der Waals surface area contributed by atoms with Gasteiger partial charge in [0.2, 0.25) is 35.4 Å². The van der Waals surface area contributed by atoms with E-state index in [2.05, 4.69) is 76.1 Å². The zero-order chi connectivity index (χ0) is 80.8. The third kappa shape index (κ3) is 16.7. The Kier molecular flexibility index (Phi) is 22.9. The van der Waals surface area contributed by atoms with Crippen molar-refractivity contribution in [3.63, 3.8) is 0 Å². The molecule has 116 heavy (non-hydrogen) atoms. The van der Waals surface area contributed by atoms with Crippen LogP contribution in [-0.4, -0.2) is 199 Å². The highest BCUT2D eigenvalue weighted by Gasteiger charge is 2.52. The van der Waals surface area contributed by atoms with Crippen molar-refractivity contribution in [2.75, 3.05) is 131 Å². The van der Waals surface area contributed by atoms with Gasteiger partial charge < -0.3 is 48.3 Å². The van der Waals surface area contributed by atoms with Crippen LogP contribution in [0.1, 0.15) is 83.8 Å². The highest BCUT2D eigenvalue weighted by molar-refractivity contribution is 7.99. The number of amides is 9. The Bertz CT molecular complexity index is 5530. The van der Waals surface area contributed by atoms with Crippen LogP contribution in [0.15, 0.2) is 146 Å². The van der Waals surface area contributed by atoms with Crippen molar-refractivity contribution in [2.45, 2.75) is 38.9 Å². The van der Waals surface area contributed by atoms with Crippen LogP contribution in [-0.2, 0) is 53.1 Å². The summed E-state index contributed by atoms with van der Waals surface area (Å²) >= 11 is 3.89. The van der Waals surface area contributed by atoms with Gasteiger partial charge in [-0.15, -0.1) is 0 Å². The number of halogens is 2. The Morgan fingerprint density at radius 1 is 0.448 bits per heavy atom. The van der Waals surface area contributed by atoms with Crippen molar-refractivity contribution in [2.24, 2.45) is 16.2 Å². The molecule has 9 amide bonds. The number of nitrogens with one attached hydrogen (secondary N) is 3. The molecule has 29 heteroatoms. The number of thioether (sulfide) groups is 2. The van der Waals surface area contributed by atoms with Crippen LogP contribution in [0.25, 0.3) is 22.5 Å². The molecule has 9 aliphatic heterocycles. The lowest BCUT2D eigenvalue weighted by Gasteiger charge is -2.28. The molecule has 0 aliphatic carbocycles. The van der Waals surface area contributed by atoms with Crippen LogP contribution in [0.3, 0.4) is 0 Å². The molecule has 6 saturated heterocycles. The van der Waals surface area contributed by atoms with Gasteiger partial charge in [-0.2, -0.15) is 23.5 Å². The molecule has 590 valence electrons. The first-order valence-electron chi connectivity index (χ1n) is 37.7. The molecule has 0 unspecified atom stereocenters. The van der Waals surface area contributed by atoms with Gasteiger partial charge in [0.1, 0.15) is 56.7 Å². The molecule has 25 nitrogen and oxygen atoms in total. The number of hydrogen-bond donors (Lipinski definition) is 3. The van der Waals surface area contributed by atoms with Gasteiger partial charge in [-0.3, -0.25) is 59.1 Å². The van der Waals surface area contributed by atoms with Crippen LogP contribution in [0.4, 0.5) is 26.2 Å². The molecule has 0 spiro atoms. The quantitative estimate of drug-likeness (QED) is 0.0687. The number of nitrogens with zero attached hydrogens (tertiary/aromatic N) is 9. The summed E-state index contributed by atoms with van der Waals surface area (Å²) < 4.78 is 51.0. The molecule has 8 aromatic rings. The number of anilines is 3. The van der Waals surface area contributed by atoms with E-state index in [1.165, 1.54) is 24.1 Å². The van der Waals surface area contributed by atoms with Crippen molar-refractivity contribution in [3.8, 4) is 75.3 Å². The number of pyridine rings is 3. The smallest absolute Gasteiger partial charge is 0.257 e. The standard InChI is InChI=1S/C31H26F2N4O5.C31H28N4O4S.C25H24N4O4S/c1-41-24-8-6-20-17-37(29(39)27(20)28(24)33)18-31(16-26(38)35-30(31)40)10-9-19-5-7-21(22(32)15-19)23-3-2-4-25(34-23)36-11-13-42-14-12-36;1-39-24-10-9-23-19-35(29(37)25(23)17-24)20-31(18-28(36)33-30(31)38)12-11-21-5-7-22(8-6-21)26-3-2-4-27(32-26)34-13-15-40-16-14-34;1-33-19-6-5-17-15-29(23(31)20(17)13-19)16-25(14-22(30)27-24(25)32)8-7-18-3-2-4-21(26-18)28-9-11-34-12-10-28/h2-8,15H,11-14,16-18H2,1H3,(H,35,38,40);2-10,17H,13-16,18-20H2,1H3,(H,33,36,38);2-6,13H,9-12,14-16H2,1H3,(H,27,30,32)/t2*31-;25-/m111/s1. The van der Waals surface area contributed by atoms with Gasteiger partial charge in [-0.25, -0.2) is 23.7 Å². The summed E-state index contributed by atoms with van der Waals surface area (Å²) in [5, 5.41) is 7.00. The summed E-state index contributed by atoms with van der Waals surface area (Å²) in [6.07, 6.45) is -0.471. The predicted molar refractivity (Wildman–Crippen MR) is 430 cm³/mol. The average molecular weight is 1600 g/mol. The maximum absolute atomic E-state index is 15.3. The molecule has 0 saturated carbocycles. The minimum atomic E-state index is -1.58. The number of morpholine rings is 1. The highest BCUT2D eigenvalue weighted by atomic mass is 32.2. The fourth-order valence-electron chi connectivity index (χ4n) is 15.2. The topological polar surface area (TPSA) is 285 Å². The van der Waals surface area contributed by atoms with Gasteiger partial charge >= 0.3 is 0 Å². The fourth-order valence-corrected chi connectivity index (χ4v) is 17.0. The number of fused-ring (bicyclic) bond motifs is 3. The highest BCUT2D eigenvalue weighted by Crippen LogP contribution is 2.40. The Labute approximate surface area is 675 Å². The van der Waals surface area contributed by atoms with E-state index in [9.17, 15) is 47.5 Å². The number of hydrogen-bond acceptors (Lipinski definition) is 21. The molecule has 3 aromatic heterocycles. The van der Waals surface area contributed by atoms with Gasteiger partial charge in [0.25, 0.3) is 17.7 Å². The maximum atomic E-state index is 15.3. The number of benzene rings is 5. The molecule has 6 fully saturated rings. The van der Waals surface area contributed by atoms with E-state index in [1.54, 1.807) is 78.6 Å². The molecule has 9 aliphatic rings. The van der Waals surface area contributed by atoms with Gasteiger partial charge in [0.15, 0.2) is 11.6 Å². The average Bonchev–Trinajstić information content (AvgIpc) is 1.62. The normalized spacial score (nSPS) is 20.5. The predicted octanol–water partition coefficient (Wildman–Crippen LogP) is 7.95. The number of carbonyl (C=O) groups excluding carboxylic acids is 9. The van der Waals surface area contributed by atoms with Gasteiger partial charge in [-0.05, 0) is 120 Å². The second-order valence-corrected chi connectivity index (χ2v) is 31.5. The molecule has 0 bridgehead atoms. The second kappa shape index (κ2) is 33.8. The van der Waals surface area contributed by atoms with Crippen molar-refractivity contribution in [1.82, 2.24) is 45.6 Å². The van der Waals surface area contributed by atoms with Crippen molar-refractivity contribution < 1.29 is 70.9 Å². The number of methoxy groups -OCH3 is 3. The first-order chi connectivity index (χ1) is 56.2.